The summed E-state index contributed by atoms with van der Waals surface area (Å²) in [7, 11) is -1.42. The van der Waals surface area contributed by atoms with Crippen LogP contribution in [0.15, 0.2) is 35.6 Å². The van der Waals surface area contributed by atoms with Crippen LogP contribution < -0.4 is 4.74 Å². The summed E-state index contributed by atoms with van der Waals surface area (Å²) >= 11 is 1.33. The van der Waals surface area contributed by atoms with E-state index in [9.17, 15) is 18.0 Å². The van der Waals surface area contributed by atoms with E-state index < -0.39 is 48.2 Å². The quantitative estimate of drug-likeness (QED) is 0.0413. The number of nitrogens with zero attached hydrogens (tertiary/aromatic N) is 3. The highest BCUT2D eigenvalue weighted by molar-refractivity contribution is 8.13. The molecule has 0 unspecified atom stereocenters. The molecule has 2 heterocycles. The summed E-state index contributed by atoms with van der Waals surface area (Å²) < 4.78 is 90.8. The molecule has 0 saturated heterocycles. The van der Waals surface area contributed by atoms with E-state index in [2.05, 4.69) is 29.6 Å². The molecule has 14 heteroatoms. The van der Waals surface area contributed by atoms with E-state index in [-0.39, 0.29) is 47.9 Å². The molecule has 266 valence electrons. The fourth-order valence-corrected chi connectivity index (χ4v) is 6.04. The Morgan fingerprint density at radius 3 is 2.27 bits per heavy atom. The average molecular weight is 716 g/mol. The topological polar surface area (TPSA) is 74.9 Å². The zero-order chi connectivity index (χ0) is 36.1. The van der Waals surface area contributed by atoms with Crippen molar-refractivity contribution in [1.29, 1.82) is 0 Å². The van der Waals surface area contributed by atoms with Gasteiger partial charge >= 0.3 is 12.1 Å². The SMILES string of the molecule is CSC(Cc1cc(F)c(Oc2ccnc3c2c(C(F)(F)F)cn3COCC[Si](C)(C)C)c(F)c1)=NCCC(C)(C)CC(=O)OC(C)(C)C. The van der Waals surface area contributed by atoms with E-state index in [1.165, 1.54) is 22.5 Å². The second kappa shape index (κ2) is 15.7. The van der Waals surface area contributed by atoms with Crippen molar-refractivity contribution < 1.29 is 41.0 Å². The molecule has 0 atom stereocenters. The van der Waals surface area contributed by atoms with Crippen molar-refractivity contribution in [3.8, 4) is 11.5 Å². The van der Waals surface area contributed by atoms with Crippen LogP contribution in [0.2, 0.25) is 25.7 Å². The zero-order valence-corrected chi connectivity index (χ0v) is 30.9. The highest BCUT2D eigenvalue weighted by atomic mass is 32.2. The number of carbonyl (C=O) groups is 1. The monoisotopic (exact) mass is 715 g/mol. The molecule has 0 fully saturated rings. The van der Waals surface area contributed by atoms with Gasteiger partial charge in [-0.15, -0.1) is 11.8 Å². The van der Waals surface area contributed by atoms with Gasteiger partial charge < -0.3 is 18.8 Å². The predicted molar refractivity (Wildman–Crippen MR) is 184 cm³/mol. The third kappa shape index (κ3) is 11.9. The van der Waals surface area contributed by atoms with Gasteiger partial charge in [0.1, 0.15) is 23.7 Å². The van der Waals surface area contributed by atoms with Crippen molar-refractivity contribution in [1.82, 2.24) is 9.55 Å². The minimum atomic E-state index is -4.79. The Kier molecular flexibility index (Phi) is 12.9. The number of aliphatic imine (C=N–C) groups is 1. The summed E-state index contributed by atoms with van der Waals surface area (Å²) in [4.78, 5) is 21.0. The van der Waals surface area contributed by atoms with Crippen molar-refractivity contribution in [3.63, 3.8) is 0 Å². The van der Waals surface area contributed by atoms with Crippen molar-refractivity contribution in [2.75, 3.05) is 19.4 Å². The Hall–Kier alpha value is -2.97. The molecule has 0 aliphatic heterocycles. The smallest absolute Gasteiger partial charge is 0.418 e. The van der Waals surface area contributed by atoms with Crippen LogP contribution >= 0.6 is 11.8 Å². The number of ether oxygens (including phenoxy) is 3. The van der Waals surface area contributed by atoms with Gasteiger partial charge in [-0.05, 0) is 68.7 Å². The number of hydrogen-bond acceptors (Lipinski definition) is 7. The van der Waals surface area contributed by atoms with Crippen LogP contribution in [0.1, 0.15) is 58.6 Å². The van der Waals surface area contributed by atoms with Crippen molar-refractivity contribution in [2.45, 2.75) is 98.1 Å². The molecule has 2 aromatic heterocycles. The van der Waals surface area contributed by atoms with Crippen LogP contribution in [-0.2, 0) is 33.6 Å². The number of benzene rings is 1. The van der Waals surface area contributed by atoms with Gasteiger partial charge in [-0.3, -0.25) is 9.79 Å². The lowest BCUT2D eigenvalue weighted by Crippen LogP contribution is -2.28. The van der Waals surface area contributed by atoms with E-state index in [1.54, 1.807) is 6.26 Å². The summed E-state index contributed by atoms with van der Waals surface area (Å²) in [5.74, 6) is -3.66. The largest absolute Gasteiger partial charge is 0.460 e. The summed E-state index contributed by atoms with van der Waals surface area (Å²) in [6, 6.07) is 4.13. The molecule has 0 aliphatic rings. The van der Waals surface area contributed by atoms with Gasteiger partial charge in [0.05, 0.1) is 22.4 Å². The third-order valence-electron chi connectivity index (χ3n) is 7.23. The van der Waals surface area contributed by atoms with Gasteiger partial charge in [0.2, 0.25) is 0 Å². The molecular weight excluding hydrogens is 670 g/mol. The second-order valence-electron chi connectivity index (χ2n) is 14.7. The first-order valence-corrected chi connectivity index (χ1v) is 20.6. The highest BCUT2D eigenvalue weighted by Crippen LogP contribution is 2.42. The lowest BCUT2D eigenvalue weighted by Gasteiger charge is -2.26. The molecule has 48 heavy (non-hydrogen) atoms. The standard InChI is InChI=1S/C34H46F5N3O4SSi/c1-32(2,3)46-28(43)19-33(4,5)11-13-40-27(47-6)18-22-16-24(35)30(25(36)17-22)45-26-10-12-41-31-29(26)23(34(37,38)39)20-42(31)21-44-14-15-48(7,8)9/h10,12,16-17,20H,11,13-15,18-19,21H2,1-9H3. The van der Waals surface area contributed by atoms with Gasteiger partial charge in [-0.1, -0.05) is 33.5 Å². The van der Waals surface area contributed by atoms with Gasteiger partial charge in [0, 0.05) is 40.0 Å². The van der Waals surface area contributed by atoms with Crippen molar-refractivity contribution >= 4 is 41.9 Å². The molecule has 3 rings (SSSR count). The molecule has 0 N–H and O–H groups in total. The zero-order valence-electron chi connectivity index (χ0n) is 29.1. The molecule has 0 radical (unpaired) electrons. The highest BCUT2D eigenvalue weighted by Gasteiger charge is 2.37. The minimum absolute atomic E-state index is 0.0830. The van der Waals surface area contributed by atoms with Gasteiger partial charge in [-0.25, -0.2) is 13.8 Å². The third-order valence-corrected chi connectivity index (χ3v) is 9.68. The molecule has 7 nitrogen and oxygen atoms in total. The van der Waals surface area contributed by atoms with Crippen LogP contribution in [0.4, 0.5) is 22.0 Å². The Labute approximate surface area is 284 Å². The van der Waals surface area contributed by atoms with Crippen LogP contribution in [0.3, 0.4) is 0 Å². The Morgan fingerprint density at radius 1 is 1.06 bits per heavy atom. The predicted octanol–water partition coefficient (Wildman–Crippen LogP) is 9.89. The van der Waals surface area contributed by atoms with E-state index >= 15 is 8.78 Å². The van der Waals surface area contributed by atoms with Gasteiger partial charge in [-0.2, -0.15) is 13.2 Å². The average Bonchev–Trinajstić information content (AvgIpc) is 3.30. The van der Waals surface area contributed by atoms with Crippen molar-refractivity contribution in [2.24, 2.45) is 10.4 Å². The van der Waals surface area contributed by atoms with Gasteiger partial charge in [0.15, 0.2) is 17.4 Å². The molecule has 0 amide bonds. The lowest BCUT2D eigenvalue weighted by molar-refractivity contribution is -0.157. The van der Waals surface area contributed by atoms with Crippen molar-refractivity contribution in [3.05, 3.63) is 53.4 Å². The summed E-state index contributed by atoms with van der Waals surface area (Å²) in [6.45, 7) is 16.4. The number of hydrogen-bond donors (Lipinski definition) is 0. The fraction of sp³-hybridized carbons (Fsp3) is 0.559. The number of alkyl halides is 3. The molecule has 0 spiro atoms. The molecule has 1 aromatic carbocycles. The first kappa shape index (κ1) is 39.5. The van der Waals surface area contributed by atoms with Gasteiger partial charge in [0.25, 0.3) is 0 Å². The molecule has 0 bridgehead atoms. The van der Waals surface area contributed by atoms with E-state index in [0.717, 1.165) is 30.4 Å². The first-order chi connectivity index (χ1) is 22.1. The molecular formula is C34H46F5N3O4SSi. The molecule has 3 aromatic rings. The van der Waals surface area contributed by atoms with Crippen LogP contribution in [0.5, 0.6) is 11.5 Å². The Bertz CT molecular complexity index is 1590. The van der Waals surface area contributed by atoms with Crippen LogP contribution in [0, 0.1) is 17.0 Å². The maximum atomic E-state index is 15.3. The maximum Gasteiger partial charge on any atom is 0.418 e. The maximum absolute atomic E-state index is 15.3. The summed E-state index contributed by atoms with van der Waals surface area (Å²) in [5, 5.41) is 0.197. The normalized spacial score (nSPS) is 13.3. The van der Waals surface area contributed by atoms with E-state index in [0.29, 0.717) is 24.6 Å². The second-order valence-corrected chi connectivity index (χ2v) is 21.2. The number of aromatic nitrogens is 2. The number of carbonyl (C=O) groups excluding carboxylic acids is 1. The number of fused-ring (bicyclic) bond motifs is 1. The molecule has 0 saturated carbocycles. The number of esters is 1. The van der Waals surface area contributed by atoms with Crippen LogP contribution in [-0.4, -0.2) is 53.6 Å². The Balaban J connectivity index is 1.79. The minimum Gasteiger partial charge on any atom is -0.460 e. The summed E-state index contributed by atoms with van der Waals surface area (Å²) in [5.41, 5.74) is -1.82. The number of halogens is 5. The number of thioether (sulfide) groups is 1. The van der Waals surface area contributed by atoms with Crippen LogP contribution in [0.25, 0.3) is 11.0 Å². The summed E-state index contributed by atoms with van der Waals surface area (Å²) in [6.07, 6.45) is 0.0251. The molecule has 0 aliphatic carbocycles. The first-order valence-electron chi connectivity index (χ1n) is 15.7. The lowest BCUT2D eigenvalue weighted by atomic mass is 9.86. The fourth-order valence-electron chi connectivity index (χ4n) is 4.75. The Morgan fingerprint density at radius 2 is 1.71 bits per heavy atom. The van der Waals surface area contributed by atoms with E-state index in [1.807, 2.05) is 34.6 Å². The number of rotatable bonds is 14. The van der Waals surface area contributed by atoms with E-state index in [4.69, 9.17) is 14.2 Å². The number of pyridine rings is 1.